The number of aromatic nitrogens is 1. The molecule has 13 heteroatoms. The van der Waals surface area contributed by atoms with Crippen LogP contribution in [0.5, 0.6) is 0 Å². The summed E-state index contributed by atoms with van der Waals surface area (Å²) in [5.74, 6) is -0.251. The highest BCUT2D eigenvalue weighted by atomic mass is 32.1. The number of anilines is 2. The first-order valence-corrected chi connectivity index (χ1v) is 13.2. The Morgan fingerprint density at radius 2 is 1.40 bits per heavy atom. The van der Waals surface area contributed by atoms with Crippen molar-refractivity contribution in [1.29, 1.82) is 0 Å². The molecule has 2 aromatic carbocycles. The second-order valence-electron chi connectivity index (χ2n) is 9.10. The number of rotatable bonds is 12. The Labute approximate surface area is 235 Å². The van der Waals surface area contributed by atoms with Crippen LogP contribution in [0.25, 0.3) is 0 Å². The van der Waals surface area contributed by atoms with E-state index in [0.717, 1.165) is 28.1 Å². The van der Waals surface area contributed by atoms with E-state index in [-0.39, 0.29) is 11.8 Å². The van der Waals surface area contributed by atoms with E-state index in [9.17, 15) is 29.4 Å². The Bertz CT molecular complexity index is 1320. The van der Waals surface area contributed by atoms with Gasteiger partial charge in [-0.2, -0.15) is 0 Å². The van der Waals surface area contributed by atoms with E-state index < -0.39 is 18.5 Å². The van der Waals surface area contributed by atoms with Gasteiger partial charge in [0.15, 0.2) is 11.4 Å². The number of benzene rings is 2. The molecule has 0 fully saturated rings. The monoisotopic (exact) mass is 566 g/mol. The van der Waals surface area contributed by atoms with Crippen LogP contribution in [0.2, 0.25) is 0 Å². The molecule has 1 heterocycles. The number of nitrogens with one attached hydrogen (secondary N) is 4. The molecule has 3 rings (SSSR count). The van der Waals surface area contributed by atoms with E-state index in [1.54, 1.807) is 26.2 Å². The zero-order chi connectivity index (χ0) is 29.2. The highest BCUT2D eigenvalue weighted by Crippen LogP contribution is 2.26. The quantitative estimate of drug-likeness (QED) is 0.234. The van der Waals surface area contributed by atoms with Crippen LogP contribution in [0.3, 0.4) is 0 Å². The smallest absolute Gasteiger partial charge is 0.253 e. The van der Waals surface area contributed by atoms with E-state index in [4.69, 9.17) is 0 Å². The normalized spacial score (nSPS) is 10.6. The van der Waals surface area contributed by atoms with Crippen LogP contribution in [-0.2, 0) is 30.5 Å². The van der Waals surface area contributed by atoms with Crippen molar-refractivity contribution >= 4 is 46.2 Å². The molecule has 212 valence electrons. The van der Waals surface area contributed by atoms with E-state index >= 15 is 0 Å². The maximum Gasteiger partial charge on any atom is 0.253 e. The van der Waals surface area contributed by atoms with Crippen LogP contribution >= 0.6 is 11.3 Å². The van der Waals surface area contributed by atoms with Gasteiger partial charge in [0, 0.05) is 37.1 Å². The van der Waals surface area contributed by atoms with Gasteiger partial charge in [0.25, 0.3) is 5.91 Å². The van der Waals surface area contributed by atoms with Gasteiger partial charge in [-0.05, 0) is 61.1 Å². The molecule has 0 bridgehead atoms. The average molecular weight is 567 g/mol. The molecule has 12 nitrogen and oxygen atoms in total. The van der Waals surface area contributed by atoms with Crippen LogP contribution in [0.15, 0.2) is 48.5 Å². The molecular formula is C27H30N6O6S-2. The summed E-state index contributed by atoms with van der Waals surface area (Å²) in [7, 11) is 3.43. The van der Waals surface area contributed by atoms with Crippen molar-refractivity contribution in [3.63, 3.8) is 0 Å². The van der Waals surface area contributed by atoms with Crippen LogP contribution < -0.4 is 31.5 Å². The number of nitrogens with zero attached hydrogens (tertiary/aromatic N) is 2. The first-order chi connectivity index (χ1) is 19.0. The maximum atomic E-state index is 12.1. The first kappa shape index (κ1) is 29.9. The Morgan fingerprint density at radius 3 is 1.93 bits per heavy atom. The second-order valence-corrected chi connectivity index (χ2v) is 10.2. The molecule has 0 aliphatic carbocycles. The highest BCUT2D eigenvalue weighted by Gasteiger charge is 2.14. The van der Waals surface area contributed by atoms with Crippen molar-refractivity contribution in [3.05, 3.63) is 75.8 Å². The molecule has 0 atom stereocenters. The molecule has 0 radical (unpaired) electrons. The third-order valence-electron chi connectivity index (χ3n) is 5.75. The topological polar surface area (TPSA) is 179 Å². The molecule has 4 N–H and O–H groups in total. The number of hydrogen-bond donors (Lipinski definition) is 4. The molecule has 0 saturated carbocycles. The standard InChI is InChI=1S/C27H32N6O6S/c1-16(34)28-25-30-21(22(40-25)15-9-17-4-10-19(11-5-17)23(35)33(2)3)14-8-18-6-12-20(13-7-18)29-24(31-26(36)37)32-27(38)39/h4-7,10-13,24,29,31-32H,8-9,14-15H2,1-3H3,(H,36,37)(H,38,39)(H,28,30,34)/p-2. The number of carboxylic acid groups (broad SMARTS) is 2. The third kappa shape index (κ3) is 9.27. The Hall–Kier alpha value is -4.65. The SMILES string of the molecule is CC(=O)Nc1nc(CCc2ccc(NC(NC(=O)[O-])NC(=O)[O-])cc2)c(CCc2ccc(C(=O)N(C)C)cc2)s1. The third-order valence-corrected chi connectivity index (χ3v) is 6.82. The average Bonchev–Trinajstić information content (AvgIpc) is 3.26. The van der Waals surface area contributed by atoms with Gasteiger partial charge in [-0.3, -0.25) is 9.59 Å². The van der Waals surface area contributed by atoms with Gasteiger partial charge >= 0.3 is 0 Å². The molecular weight excluding hydrogens is 536 g/mol. The molecule has 4 amide bonds. The Kier molecular flexibility index (Phi) is 10.4. The predicted molar refractivity (Wildman–Crippen MR) is 147 cm³/mol. The molecule has 0 aliphatic rings. The van der Waals surface area contributed by atoms with Crippen molar-refractivity contribution in [2.45, 2.75) is 38.9 Å². The Morgan fingerprint density at radius 1 is 0.850 bits per heavy atom. The molecule has 0 unspecified atom stereocenters. The lowest BCUT2D eigenvalue weighted by Crippen LogP contribution is -2.58. The lowest BCUT2D eigenvalue weighted by Gasteiger charge is -2.24. The number of aryl methyl sites for hydroxylation is 4. The van der Waals surface area contributed by atoms with Crippen LogP contribution in [0.4, 0.5) is 20.4 Å². The van der Waals surface area contributed by atoms with E-state index in [1.165, 1.54) is 23.2 Å². The number of thiazole rings is 1. The summed E-state index contributed by atoms with van der Waals surface area (Å²) in [4.78, 5) is 52.5. The lowest BCUT2D eigenvalue weighted by molar-refractivity contribution is -0.255. The van der Waals surface area contributed by atoms with Crippen LogP contribution in [-0.4, -0.2) is 54.3 Å². The fourth-order valence-corrected chi connectivity index (χ4v) is 4.90. The minimum absolute atomic E-state index is 0.0525. The van der Waals surface area contributed by atoms with Gasteiger partial charge < -0.3 is 46.0 Å². The van der Waals surface area contributed by atoms with Crippen molar-refractivity contribution in [2.75, 3.05) is 24.7 Å². The zero-order valence-corrected chi connectivity index (χ0v) is 23.1. The summed E-state index contributed by atoms with van der Waals surface area (Å²) in [6, 6.07) is 14.5. The molecule has 0 saturated heterocycles. The minimum Gasteiger partial charge on any atom is -0.530 e. The van der Waals surface area contributed by atoms with Gasteiger partial charge in [-0.25, -0.2) is 4.98 Å². The number of amides is 4. The lowest BCUT2D eigenvalue weighted by atomic mass is 10.0. The van der Waals surface area contributed by atoms with Crippen molar-refractivity contribution < 1.29 is 29.4 Å². The summed E-state index contributed by atoms with van der Waals surface area (Å²) in [6.45, 7) is 1.43. The predicted octanol–water partition coefficient (Wildman–Crippen LogP) is 0.935. The minimum atomic E-state index is -1.66. The first-order valence-electron chi connectivity index (χ1n) is 12.4. The van der Waals surface area contributed by atoms with E-state index in [2.05, 4.69) is 15.6 Å². The van der Waals surface area contributed by atoms with Gasteiger partial charge in [0.2, 0.25) is 5.91 Å². The van der Waals surface area contributed by atoms with E-state index in [1.807, 2.05) is 47.0 Å². The molecule has 40 heavy (non-hydrogen) atoms. The number of carbonyl (C=O) groups is 4. The van der Waals surface area contributed by atoms with E-state index in [0.29, 0.717) is 35.6 Å². The van der Waals surface area contributed by atoms with Crippen molar-refractivity contribution in [1.82, 2.24) is 20.5 Å². The van der Waals surface area contributed by atoms with Crippen LogP contribution in [0.1, 0.15) is 39.0 Å². The number of carbonyl (C=O) groups excluding carboxylic acids is 4. The summed E-state index contributed by atoms with van der Waals surface area (Å²) in [6.07, 6.45) is -1.92. The fourth-order valence-electron chi connectivity index (χ4n) is 3.85. The molecule has 0 spiro atoms. The molecule has 1 aromatic heterocycles. The summed E-state index contributed by atoms with van der Waals surface area (Å²) in [5.41, 5.74) is 4.04. The fraction of sp³-hybridized carbons (Fsp3) is 0.296. The number of hydrogen-bond acceptors (Lipinski definition) is 9. The second kappa shape index (κ2) is 13.9. The Balaban J connectivity index is 1.65. The summed E-state index contributed by atoms with van der Waals surface area (Å²) >= 11 is 1.44. The van der Waals surface area contributed by atoms with Gasteiger partial charge in [-0.1, -0.05) is 24.3 Å². The van der Waals surface area contributed by atoms with Crippen molar-refractivity contribution in [3.8, 4) is 0 Å². The summed E-state index contributed by atoms with van der Waals surface area (Å²) < 4.78 is 0. The molecule has 3 aromatic rings. The summed E-state index contributed by atoms with van der Waals surface area (Å²) in [5, 5.41) is 31.3. The van der Waals surface area contributed by atoms with Gasteiger partial charge in [-0.15, -0.1) is 11.3 Å². The van der Waals surface area contributed by atoms with Gasteiger partial charge in [0.05, 0.1) is 5.69 Å². The zero-order valence-electron chi connectivity index (χ0n) is 22.3. The van der Waals surface area contributed by atoms with Gasteiger partial charge in [0.1, 0.15) is 12.2 Å². The molecule has 0 aliphatic heterocycles. The maximum absolute atomic E-state index is 12.1. The highest BCUT2D eigenvalue weighted by molar-refractivity contribution is 7.15. The van der Waals surface area contributed by atoms with Crippen molar-refractivity contribution in [2.24, 2.45) is 0 Å². The largest absolute Gasteiger partial charge is 0.530 e. The van der Waals surface area contributed by atoms with Crippen LogP contribution in [0, 0.1) is 0 Å².